The summed E-state index contributed by atoms with van der Waals surface area (Å²) in [5.74, 6) is 1.13. The zero-order valence-electron chi connectivity index (χ0n) is 18.5. The van der Waals surface area contributed by atoms with Crippen molar-refractivity contribution in [2.75, 3.05) is 26.2 Å². The van der Waals surface area contributed by atoms with Gasteiger partial charge in [0.1, 0.15) is 5.75 Å². The van der Waals surface area contributed by atoms with Gasteiger partial charge in [0.15, 0.2) is 6.23 Å². The van der Waals surface area contributed by atoms with Crippen molar-refractivity contribution in [3.63, 3.8) is 0 Å². The van der Waals surface area contributed by atoms with Crippen LogP contribution >= 0.6 is 0 Å². The average molecular weight is 446 g/mol. The van der Waals surface area contributed by atoms with Gasteiger partial charge in [-0.3, -0.25) is 0 Å². The average Bonchev–Trinajstić information content (AvgIpc) is 2.74. The van der Waals surface area contributed by atoms with Gasteiger partial charge in [-0.05, 0) is 49.6 Å². The van der Waals surface area contributed by atoms with Crippen molar-refractivity contribution >= 4 is 16.1 Å². The van der Waals surface area contributed by atoms with Crippen LogP contribution in [-0.4, -0.2) is 56.1 Å². The molecule has 1 saturated heterocycles. The molecule has 0 aromatic heterocycles. The van der Waals surface area contributed by atoms with Crippen LogP contribution in [0.25, 0.3) is 0 Å². The number of amides is 2. The molecule has 8 heteroatoms. The van der Waals surface area contributed by atoms with Gasteiger partial charge in [-0.15, -0.1) is 0 Å². The molecule has 3 rings (SSSR count). The monoisotopic (exact) mass is 445 g/mol. The van der Waals surface area contributed by atoms with Gasteiger partial charge in [-0.1, -0.05) is 43.7 Å². The molecular weight excluding hydrogens is 414 g/mol. The number of aryl methyl sites for hydroxylation is 1. The molecular formula is C23H31N3O4S. The Morgan fingerprint density at radius 3 is 2.06 bits per heavy atom. The van der Waals surface area contributed by atoms with E-state index < -0.39 is 16.3 Å². The highest BCUT2D eigenvalue weighted by molar-refractivity contribution is 7.89. The van der Waals surface area contributed by atoms with E-state index in [-0.39, 0.29) is 24.0 Å². The van der Waals surface area contributed by atoms with Crippen LogP contribution < -0.4 is 10.1 Å². The van der Waals surface area contributed by atoms with E-state index in [0.717, 1.165) is 5.56 Å². The van der Waals surface area contributed by atoms with Gasteiger partial charge >= 0.3 is 6.03 Å². The molecule has 1 unspecified atom stereocenters. The number of urea groups is 1. The minimum Gasteiger partial charge on any atom is -0.471 e. The SMILES string of the molecule is Cc1ccc(S(=O)(=O)N2CCN(C(=O)NC(C)Oc3ccc(C(C)C)cc3)CC2)cc1. The number of carbonyl (C=O) groups is 1. The Morgan fingerprint density at radius 1 is 0.935 bits per heavy atom. The van der Waals surface area contributed by atoms with Crippen molar-refractivity contribution in [2.24, 2.45) is 0 Å². The number of piperazine rings is 1. The van der Waals surface area contributed by atoms with Gasteiger partial charge in [-0.2, -0.15) is 4.31 Å². The second-order valence-electron chi connectivity index (χ2n) is 8.14. The molecule has 1 N–H and O–H groups in total. The summed E-state index contributed by atoms with van der Waals surface area (Å²) in [5.41, 5.74) is 2.23. The Balaban J connectivity index is 1.51. The van der Waals surface area contributed by atoms with Crippen LogP contribution in [0.4, 0.5) is 4.79 Å². The Labute approximate surface area is 185 Å². The standard InChI is InChI=1S/C23H31N3O4S/c1-17(2)20-7-9-21(10-8-20)30-19(4)24-23(27)25-13-15-26(16-14-25)31(28,29)22-11-5-18(3)6-12-22/h5-12,17,19H,13-16H2,1-4H3,(H,24,27). The first-order valence-electron chi connectivity index (χ1n) is 10.6. The van der Waals surface area contributed by atoms with E-state index in [1.54, 1.807) is 36.1 Å². The molecule has 1 aliphatic rings. The van der Waals surface area contributed by atoms with Gasteiger partial charge in [0, 0.05) is 26.2 Å². The number of sulfonamides is 1. The van der Waals surface area contributed by atoms with E-state index in [0.29, 0.717) is 24.8 Å². The topological polar surface area (TPSA) is 79.0 Å². The molecule has 2 amide bonds. The van der Waals surface area contributed by atoms with Crippen LogP contribution in [0.3, 0.4) is 0 Å². The van der Waals surface area contributed by atoms with E-state index in [1.165, 1.54) is 9.87 Å². The van der Waals surface area contributed by atoms with E-state index in [1.807, 2.05) is 31.2 Å². The molecule has 0 saturated carbocycles. The molecule has 0 radical (unpaired) electrons. The Bertz CT molecular complexity index is 980. The molecule has 31 heavy (non-hydrogen) atoms. The fourth-order valence-electron chi connectivity index (χ4n) is 3.42. The zero-order chi connectivity index (χ0) is 22.6. The summed E-state index contributed by atoms with van der Waals surface area (Å²) in [6.07, 6.45) is -0.508. The fraction of sp³-hybridized carbons (Fsp3) is 0.435. The molecule has 0 bridgehead atoms. The summed E-state index contributed by atoms with van der Waals surface area (Å²) >= 11 is 0. The van der Waals surface area contributed by atoms with Crippen LogP contribution in [-0.2, 0) is 10.0 Å². The number of hydrogen-bond acceptors (Lipinski definition) is 4. The quantitative estimate of drug-likeness (QED) is 0.690. The number of ether oxygens (including phenoxy) is 1. The third-order valence-corrected chi connectivity index (χ3v) is 7.28. The highest BCUT2D eigenvalue weighted by Gasteiger charge is 2.30. The largest absolute Gasteiger partial charge is 0.471 e. The lowest BCUT2D eigenvalue weighted by Crippen LogP contribution is -2.54. The number of carbonyl (C=O) groups excluding carboxylic acids is 1. The molecule has 2 aromatic rings. The molecule has 1 heterocycles. The highest BCUT2D eigenvalue weighted by Crippen LogP contribution is 2.20. The summed E-state index contributed by atoms with van der Waals surface area (Å²) in [6.45, 7) is 9.12. The maximum Gasteiger partial charge on any atom is 0.320 e. The van der Waals surface area contributed by atoms with Gasteiger partial charge < -0.3 is 15.0 Å². The van der Waals surface area contributed by atoms with Crippen LogP contribution in [0.2, 0.25) is 0 Å². The van der Waals surface area contributed by atoms with Crippen LogP contribution in [0.5, 0.6) is 5.75 Å². The summed E-state index contributed by atoms with van der Waals surface area (Å²) in [4.78, 5) is 14.5. The smallest absolute Gasteiger partial charge is 0.320 e. The van der Waals surface area contributed by atoms with E-state index in [9.17, 15) is 13.2 Å². The van der Waals surface area contributed by atoms with Crippen LogP contribution in [0, 0.1) is 6.92 Å². The van der Waals surface area contributed by atoms with Crippen molar-refractivity contribution in [2.45, 2.75) is 44.7 Å². The molecule has 2 aromatic carbocycles. The zero-order valence-corrected chi connectivity index (χ0v) is 19.4. The van der Waals surface area contributed by atoms with Gasteiger partial charge in [-0.25, -0.2) is 13.2 Å². The van der Waals surface area contributed by atoms with Crippen molar-refractivity contribution < 1.29 is 17.9 Å². The Hall–Kier alpha value is -2.58. The summed E-state index contributed by atoms with van der Waals surface area (Å²) in [6, 6.07) is 14.4. The summed E-state index contributed by atoms with van der Waals surface area (Å²) in [5, 5.41) is 2.82. The van der Waals surface area contributed by atoms with Crippen molar-refractivity contribution in [1.82, 2.24) is 14.5 Å². The minimum atomic E-state index is -3.55. The first-order valence-corrected chi connectivity index (χ1v) is 12.0. The van der Waals surface area contributed by atoms with Crippen molar-refractivity contribution in [1.29, 1.82) is 0 Å². The lowest BCUT2D eigenvalue weighted by Gasteiger charge is -2.34. The van der Waals surface area contributed by atoms with Crippen LogP contribution in [0.15, 0.2) is 53.4 Å². The first kappa shape index (κ1) is 23.1. The minimum absolute atomic E-state index is 0.259. The molecule has 168 valence electrons. The molecule has 1 fully saturated rings. The lowest BCUT2D eigenvalue weighted by molar-refractivity contribution is 0.140. The van der Waals surface area contributed by atoms with Crippen LogP contribution in [0.1, 0.15) is 37.8 Å². The maximum absolute atomic E-state index is 12.8. The fourth-order valence-corrected chi connectivity index (χ4v) is 4.84. The predicted molar refractivity (Wildman–Crippen MR) is 121 cm³/mol. The number of hydrogen-bond donors (Lipinski definition) is 1. The summed E-state index contributed by atoms with van der Waals surface area (Å²) in [7, 11) is -3.55. The van der Waals surface area contributed by atoms with Crippen molar-refractivity contribution in [3.8, 4) is 5.75 Å². The van der Waals surface area contributed by atoms with E-state index in [2.05, 4.69) is 19.2 Å². The molecule has 0 spiro atoms. The first-order chi connectivity index (χ1) is 14.7. The number of nitrogens with zero attached hydrogens (tertiary/aromatic N) is 2. The van der Waals surface area contributed by atoms with Gasteiger partial charge in [0.25, 0.3) is 0 Å². The maximum atomic E-state index is 12.8. The number of nitrogens with one attached hydrogen (secondary N) is 1. The number of rotatable bonds is 6. The normalized spacial score (nSPS) is 16.2. The van der Waals surface area contributed by atoms with Crippen molar-refractivity contribution in [3.05, 3.63) is 59.7 Å². The Kier molecular flexibility index (Phi) is 7.23. The van der Waals surface area contributed by atoms with Gasteiger partial charge in [0.2, 0.25) is 10.0 Å². The van der Waals surface area contributed by atoms with E-state index in [4.69, 9.17) is 4.74 Å². The van der Waals surface area contributed by atoms with E-state index >= 15 is 0 Å². The number of benzene rings is 2. The predicted octanol–water partition coefficient (Wildman–Crippen LogP) is 3.56. The lowest BCUT2D eigenvalue weighted by atomic mass is 10.0. The third kappa shape index (κ3) is 5.77. The van der Waals surface area contributed by atoms with Gasteiger partial charge in [0.05, 0.1) is 4.90 Å². The molecule has 1 atom stereocenters. The second kappa shape index (κ2) is 9.70. The highest BCUT2D eigenvalue weighted by atomic mass is 32.2. The molecule has 7 nitrogen and oxygen atoms in total. The molecule has 1 aliphatic heterocycles. The Morgan fingerprint density at radius 2 is 1.52 bits per heavy atom. The second-order valence-corrected chi connectivity index (χ2v) is 10.1. The summed E-state index contributed by atoms with van der Waals surface area (Å²) < 4.78 is 32.8. The third-order valence-electron chi connectivity index (χ3n) is 5.37. The molecule has 0 aliphatic carbocycles.